The van der Waals surface area contributed by atoms with Crippen LogP contribution in [-0.4, -0.2) is 16.3 Å². The Labute approximate surface area is 83.7 Å². The van der Waals surface area contributed by atoms with Gasteiger partial charge in [0.05, 0.1) is 0 Å². The summed E-state index contributed by atoms with van der Waals surface area (Å²) in [4.78, 5) is 4.03. The number of aliphatic hydroxyl groups is 1. The standard InChI is InChI=1S/C7H10BrNO2S/c1-7(2,10)6-9-4(8)5(11-6)12-3/h10H,1-3H3. The van der Waals surface area contributed by atoms with Crippen molar-refractivity contribution in [1.82, 2.24) is 4.98 Å². The Kier molecular flexibility index (Phi) is 2.85. The van der Waals surface area contributed by atoms with Crippen LogP contribution in [0.15, 0.2) is 14.1 Å². The zero-order chi connectivity index (χ0) is 9.35. The first-order valence-electron chi connectivity index (χ1n) is 3.38. The highest BCUT2D eigenvalue weighted by atomic mass is 79.9. The molecule has 0 aliphatic rings. The fourth-order valence-electron chi connectivity index (χ4n) is 0.675. The van der Waals surface area contributed by atoms with Crippen LogP contribution in [0.1, 0.15) is 19.7 Å². The summed E-state index contributed by atoms with van der Waals surface area (Å²) in [5.74, 6) is 0.332. The quantitative estimate of drug-likeness (QED) is 0.821. The lowest BCUT2D eigenvalue weighted by Crippen LogP contribution is -2.15. The van der Waals surface area contributed by atoms with Crippen molar-refractivity contribution in [3.8, 4) is 0 Å². The van der Waals surface area contributed by atoms with Gasteiger partial charge in [-0.1, -0.05) is 11.8 Å². The number of rotatable bonds is 2. The smallest absolute Gasteiger partial charge is 0.228 e. The molecule has 1 aromatic heterocycles. The van der Waals surface area contributed by atoms with E-state index in [0.717, 1.165) is 0 Å². The molecule has 0 radical (unpaired) electrons. The van der Waals surface area contributed by atoms with Crippen molar-refractivity contribution < 1.29 is 9.52 Å². The molecular weight excluding hydrogens is 242 g/mol. The van der Waals surface area contributed by atoms with Gasteiger partial charge in [-0.25, -0.2) is 4.98 Å². The Morgan fingerprint density at radius 3 is 2.42 bits per heavy atom. The van der Waals surface area contributed by atoms with Gasteiger partial charge in [0.25, 0.3) is 0 Å². The van der Waals surface area contributed by atoms with E-state index >= 15 is 0 Å². The molecule has 1 heterocycles. The highest BCUT2D eigenvalue weighted by Crippen LogP contribution is 2.30. The molecule has 0 aliphatic heterocycles. The number of oxazole rings is 1. The van der Waals surface area contributed by atoms with Gasteiger partial charge in [-0.15, -0.1) is 0 Å². The summed E-state index contributed by atoms with van der Waals surface area (Å²) in [6.45, 7) is 3.27. The monoisotopic (exact) mass is 251 g/mol. The lowest BCUT2D eigenvalue weighted by atomic mass is 10.1. The normalized spacial score (nSPS) is 12.1. The topological polar surface area (TPSA) is 46.3 Å². The molecule has 1 N–H and O–H groups in total. The van der Waals surface area contributed by atoms with Gasteiger partial charge in [0, 0.05) is 0 Å². The third-order valence-corrected chi connectivity index (χ3v) is 2.71. The van der Waals surface area contributed by atoms with Crippen LogP contribution in [0.4, 0.5) is 0 Å². The molecule has 0 aromatic carbocycles. The largest absolute Gasteiger partial charge is 0.430 e. The minimum absolute atomic E-state index is 0.332. The molecule has 0 saturated carbocycles. The zero-order valence-electron chi connectivity index (χ0n) is 7.09. The summed E-state index contributed by atoms with van der Waals surface area (Å²) in [6, 6.07) is 0. The molecule has 1 aromatic rings. The molecule has 1 rings (SSSR count). The van der Waals surface area contributed by atoms with Crippen LogP contribution in [0, 0.1) is 0 Å². The van der Waals surface area contributed by atoms with E-state index in [0.29, 0.717) is 15.6 Å². The average Bonchev–Trinajstić information content (AvgIpc) is 2.29. The van der Waals surface area contributed by atoms with Crippen molar-refractivity contribution >= 4 is 27.7 Å². The van der Waals surface area contributed by atoms with Crippen molar-refractivity contribution in [3.63, 3.8) is 0 Å². The molecule has 0 aliphatic carbocycles. The predicted octanol–water partition coefficient (Wildman–Crippen LogP) is 2.39. The van der Waals surface area contributed by atoms with Crippen molar-refractivity contribution in [2.75, 3.05) is 6.26 Å². The highest BCUT2D eigenvalue weighted by Gasteiger charge is 2.24. The summed E-state index contributed by atoms with van der Waals surface area (Å²) < 4.78 is 5.93. The SMILES string of the molecule is CSc1oc(C(C)(C)O)nc1Br. The van der Waals surface area contributed by atoms with Crippen LogP contribution in [0.5, 0.6) is 0 Å². The molecule has 12 heavy (non-hydrogen) atoms. The Morgan fingerprint density at radius 1 is 1.58 bits per heavy atom. The molecule has 68 valence electrons. The van der Waals surface area contributed by atoms with E-state index in [1.54, 1.807) is 13.8 Å². The van der Waals surface area contributed by atoms with Crippen LogP contribution in [-0.2, 0) is 5.60 Å². The van der Waals surface area contributed by atoms with E-state index in [4.69, 9.17) is 4.42 Å². The summed E-state index contributed by atoms with van der Waals surface area (Å²) in [5, 5.41) is 10.2. The minimum Gasteiger partial charge on any atom is -0.430 e. The maximum atomic E-state index is 9.54. The van der Waals surface area contributed by atoms with Crippen molar-refractivity contribution in [3.05, 3.63) is 10.5 Å². The van der Waals surface area contributed by atoms with Crippen LogP contribution < -0.4 is 0 Å². The second kappa shape index (κ2) is 3.40. The molecule has 0 bridgehead atoms. The molecule has 0 spiro atoms. The Bertz CT molecular complexity index is 279. The van der Waals surface area contributed by atoms with Crippen molar-refractivity contribution in [1.29, 1.82) is 0 Å². The molecular formula is C7H10BrNO2S. The predicted molar refractivity (Wildman–Crippen MR) is 51.2 cm³/mol. The lowest BCUT2D eigenvalue weighted by molar-refractivity contribution is 0.0448. The number of hydrogen-bond donors (Lipinski definition) is 1. The van der Waals surface area contributed by atoms with E-state index in [1.807, 2.05) is 6.26 Å². The van der Waals surface area contributed by atoms with Gasteiger partial charge < -0.3 is 9.52 Å². The van der Waals surface area contributed by atoms with Crippen molar-refractivity contribution in [2.24, 2.45) is 0 Å². The third kappa shape index (κ3) is 2.02. The van der Waals surface area contributed by atoms with Gasteiger partial charge in [-0.3, -0.25) is 0 Å². The van der Waals surface area contributed by atoms with E-state index in [1.165, 1.54) is 11.8 Å². The fraction of sp³-hybridized carbons (Fsp3) is 0.571. The summed E-state index contributed by atoms with van der Waals surface area (Å²) in [6.07, 6.45) is 1.89. The summed E-state index contributed by atoms with van der Waals surface area (Å²) >= 11 is 4.68. The third-order valence-electron chi connectivity index (χ3n) is 1.27. The zero-order valence-corrected chi connectivity index (χ0v) is 9.49. The van der Waals surface area contributed by atoms with Gasteiger partial charge in [-0.2, -0.15) is 0 Å². The van der Waals surface area contributed by atoms with Crippen molar-refractivity contribution in [2.45, 2.75) is 24.5 Å². The highest BCUT2D eigenvalue weighted by molar-refractivity contribution is 9.10. The first-order valence-corrected chi connectivity index (χ1v) is 5.40. The Balaban J connectivity index is 3.05. The molecule has 5 heteroatoms. The number of thioether (sulfide) groups is 1. The number of halogens is 1. The van der Waals surface area contributed by atoms with Crippen LogP contribution >= 0.6 is 27.7 Å². The molecule has 3 nitrogen and oxygen atoms in total. The molecule has 0 unspecified atom stereocenters. The summed E-state index contributed by atoms with van der Waals surface area (Å²) in [5.41, 5.74) is -1.02. The molecule has 0 amide bonds. The fourth-order valence-corrected chi connectivity index (χ4v) is 1.78. The van der Waals surface area contributed by atoms with E-state index < -0.39 is 5.60 Å². The number of aromatic nitrogens is 1. The van der Waals surface area contributed by atoms with Gasteiger partial charge in [-0.05, 0) is 36.0 Å². The first kappa shape index (κ1) is 10.1. The Hall–Kier alpha value is -0.000000000000000111. The van der Waals surface area contributed by atoms with Crippen LogP contribution in [0.2, 0.25) is 0 Å². The number of hydrogen-bond acceptors (Lipinski definition) is 4. The second-order valence-electron chi connectivity index (χ2n) is 2.86. The maximum absolute atomic E-state index is 9.54. The van der Waals surface area contributed by atoms with Gasteiger partial charge in [0.1, 0.15) is 5.60 Å². The molecule has 0 atom stereocenters. The Morgan fingerprint density at radius 2 is 2.17 bits per heavy atom. The van der Waals surface area contributed by atoms with Gasteiger partial charge >= 0.3 is 0 Å². The van der Waals surface area contributed by atoms with E-state index in [2.05, 4.69) is 20.9 Å². The number of nitrogens with zero attached hydrogens (tertiary/aromatic N) is 1. The molecule has 0 fully saturated rings. The van der Waals surface area contributed by atoms with Crippen LogP contribution in [0.25, 0.3) is 0 Å². The van der Waals surface area contributed by atoms with Gasteiger partial charge in [0.2, 0.25) is 5.89 Å². The first-order chi connectivity index (χ1) is 5.45. The lowest BCUT2D eigenvalue weighted by Gasteiger charge is -2.10. The van der Waals surface area contributed by atoms with Crippen LogP contribution in [0.3, 0.4) is 0 Å². The average molecular weight is 252 g/mol. The maximum Gasteiger partial charge on any atom is 0.228 e. The minimum atomic E-state index is -1.02. The molecule has 0 saturated heterocycles. The van der Waals surface area contributed by atoms with E-state index in [9.17, 15) is 5.11 Å². The second-order valence-corrected chi connectivity index (χ2v) is 4.39. The van der Waals surface area contributed by atoms with Gasteiger partial charge in [0.15, 0.2) is 9.70 Å². The van der Waals surface area contributed by atoms with E-state index in [-0.39, 0.29) is 0 Å². The summed E-state index contributed by atoms with van der Waals surface area (Å²) in [7, 11) is 0.